The Morgan fingerprint density at radius 1 is 1.05 bits per heavy atom. The molecule has 0 spiro atoms. The maximum absolute atomic E-state index is 4.49. The minimum Gasteiger partial charge on any atom is -0.378 e. The molecule has 0 saturated heterocycles. The van der Waals surface area contributed by atoms with Crippen LogP contribution in [0.15, 0.2) is 47.1 Å². The molecule has 0 unspecified atom stereocenters. The minimum absolute atomic E-state index is 0.833. The van der Waals surface area contributed by atoms with Gasteiger partial charge >= 0.3 is 0 Å². The number of benzene rings is 1. The lowest BCUT2D eigenvalue weighted by Gasteiger charge is -2.11. The highest BCUT2D eigenvalue weighted by molar-refractivity contribution is 9.10. The van der Waals surface area contributed by atoms with E-state index in [0.29, 0.717) is 0 Å². The van der Waals surface area contributed by atoms with Crippen LogP contribution in [0, 0.1) is 11.8 Å². The van der Waals surface area contributed by atoms with Crippen LogP contribution in [0.2, 0.25) is 0 Å². The van der Waals surface area contributed by atoms with E-state index in [-0.39, 0.29) is 0 Å². The monoisotopic (exact) mass is 353 g/mol. The number of hydrogen-bond acceptors (Lipinski definition) is 2. The van der Waals surface area contributed by atoms with Crippen molar-refractivity contribution in [2.24, 2.45) is 7.05 Å². The summed E-state index contributed by atoms with van der Waals surface area (Å²) in [5.74, 6) is 6.45. The van der Waals surface area contributed by atoms with Gasteiger partial charge in [0.25, 0.3) is 0 Å². The summed E-state index contributed by atoms with van der Waals surface area (Å²) in [4.78, 5) is 6.56. The standard InChI is InChI=1S/C18H16BrN3/c1-21(2)15-8-4-13(5-9-15)6-10-16-12-14-7-11-17(19)20-18(14)22(16)3/h4-5,7-9,11-12H,1-3H3. The van der Waals surface area contributed by atoms with E-state index < -0.39 is 0 Å². The smallest absolute Gasteiger partial charge is 0.141 e. The van der Waals surface area contributed by atoms with Crippen molar-refractivity contribution in [2.75, 3.05) is 19.0 Å². The average Bonchev–Trinajstić information content (AvgIpc) is 2.82. The van der Waals surface area contributed by atoms with Crippen LogP contribution in [0.1, 0.15) is 11.3 Å². The number of anilines is 1. The van der Waals surface area contributed by atoms with Crippen LogP contribution < -0.4 is 4.90 Å². The Morgan fingerprint density at radius 3 is 2.45 bits per heavy atom. The molecule has 0 aliphatic rings. The van der Waals surface area contributed by atoms with Crippen LogP contribution in [0.4, 0.5) is 5.69 Å². The van der Waals surface area contributed by atoms with Crippen LogP contribution in [0.5, 0.6) is 0 Å². The van der Waals surface area contributed by atoms with Gasteiger partial charge in [0.15, 0.2) is 0 Å². The second kappa shape index (κ2) is 5.86. The molecule has 22 heavy (non-hydrogen) atoms. The summed E-state index contributed by atoms with van der Waals surface area (Å²) in [6, 6.07) is 14.3. The molecule has 2 aromatic heterocycles. The highest BCUT2D eigenvalue weighted by atomic mass is 79.9. The van der Waals surface area contributed by atoms with Gasteiger partial charge in [-0.15, -0.1) is 0 Å². The largest absolute Gasteiger partial charge is 0.378 e. The molecule has 3 nitrogen and oxygen atoms in total. The Hall–Kier alpha value is -2.25. The summed E-state index contributed by atoms with van der Waals surface area (Å²) in [7, 11) is 6.05. The molecule has 0 aliphatic carbocycles. The van der Waals surface area contributed by atoms with Crippen LogP contribution in [0.25, 0.3) is 11.0 Å². The molecule has 3 rings (SSSR count). The third-order valence-electron chi connectivity index (χ3n) is 3.56. The van der Waals surface area contributed by atoms with Crippen molar-refractivity contribution in [3.05, 3.63) is 58.3 Å². The molecule has 0 atom stereocenters. The summed E-state index contributed by atoms with van der Waals surface area (Å²) >= 11 is 3.41. The predicted molar refractivity (Wildman–Crippen MR) is 95.2 cm³/mol. The van der Waals surface area contributed by atoms with Crippen molar-refractivity contribution in [3.8, 4) is 11.8 Å². The molecule has 110 valence electrons. The molecule has 0 amide bonds. The van der Waals surface area contributed by atoms with Crippen LogP contribution in [0.3, 0.4) is 0 Å². The van der Waals surface area contributed by atoms with Gasteiger partial charge in [0.2, 0.25) is 0 Å². The van der Waals surface area contributed by atoms with Gasteiger partial charge in [-0.3, -0.25) is 0 Å². The Kier molecular flexibility index (Phi) is 3.91. The zero-order chi connectivity index (χ0) is 15.7. The van der Waals surface area contributed by atoms with Gasteiger partial charge in [-0.25, -0.2) is 4.98 Å². The summed E-state index contributed by atoms with van der Waals surface area (Å²) in [5.41, 5.74) is 4.06. The van der Waals surface area contributed by atoms with Crippen molar-refractivity contribution >= 4 is 32.7 Å². The summed E-state index contributed by atoms with van der Waals surface area (Å²) in [5, 5.41) is 1.10. The van der Waals surface area contributed by atoms with Crippen molar-refractivity contribution in [1.29, 1.82) is 0 Å². The fraction of sp³-hybridized carbons (Fsp3) is 0.167. The molecule has 0 N–H and O–H groups in total. The summed E-state index contributed by atoms with van der Waals surface area (Å²) in [6.07, 6.45) is 0. The van der Waals surface area contributed by atoms with Gasteiger partial charge in [-0.05, 0) is 64.3 Å². The Bertz CT molecular complexity index is 880. The maximum atomic E-state index is 4.49. The van der Waals surface area contributed by atoms with Crippen molar-refractivity contribution in [1.82, 2.24) is 9.55 Å². The first kappa shape index (κ1) is 14.7. The van der Waals surface area contributed by atoms with Crippen molar-refractivity contribution < 1.29 is 0 Å². The quantitative estimate of drug-likeness (QED) is 0.490. The lowest BCUT2D eigenvalue weighted by atomic mass is 10.2. The normalized spacial score (nSPS) is 10.4. The summed E-state index contributed by atoms with van der Waals surface area (Å²) < 4.78 is 2.85. The van der Waals surface area contributed by atoms with E-state index in [0.717, 1.165) is 26.9 Å². The Balaban J connectivity index is 1.95. The Labute approximate surface area is 138 Å². The van der Waals surface area contributed by atoms with Crippen LogP contribution in [-0.2, 0) is 7.05 Å². The molecule has 3 aromatic rings. The number of halogens is 1. The number of fused-ring (bicyclic) bond motifs is 1. The van der Waals surface area contributed by atoms with E-state index in [1.807, 2.05) is 50.0 Å². The van der Waals surface area contributed by atoms with Gasteiger partial charge < -0.3 is 9.47 Å². The van der Waals surface area contributed by atoms with Gasteiger partial charge in [0.05, 0.1) is 5.69 Å². The van der Waals surface area contributed by atoms with Gasteiger partial charge in [0, 0.05) is 37.8 Å². The first-order valence-electron chi connectivity index (χ1n) is 6.96. The second-order valence-electron chi connectivity index (χ2n) is 5.33. The molecule has 0 radical (unpaired) electrons. The number of aryl methyl sites for hydroxylation is 1. The molecule has 0 fully saturated rings. The van der Waals surface area contributed by atoms with Crippen molar-refractivity contribution in [3.63, 3.8) is 0 Å². The fourth-order valence-electron chi connectivity index (χ4n) is 2.27. The lowest BCUT2D eigenvalue weighted by Crippen LogP contribution is -2.07. The highest BCUT2D eigenvalue weighted by Gasteiger charge is 2.05. The number of aromatic nitrogens is 2. The maximum Gasteiger partial charge on any atom is 0.141 e. The number of hydrogen-bond donors (Lipinski definition) is 0. The zero-order valence-electron chi connectivity index (χ0n) is 12.8. The highest BCUT2D eigenvalue weighted by Crippen LogP contribution is 2.19. The first-order chi connectivity index (χ1) is 10.5. The number of nitrogens with zero attached hydrogens (tertiary/aromatic N) is 3. The second-order valence-corrected chi connectivity index (χ2v) is 6.14. The molecule has 4 heteroatoms. The predicted octanol–water partition coefficient (Wildman–Crippen LogP) is 3.80. The third kappa shape index (κ3) is 2.86. The van der Waals surface area contributed by atoms with E-state index >= 15 is 0 Å². The van der Waals surface area contributed by atoms with E-state index in [4.69, 9.17) is 0 Å². The Morgan fingerprint density at radius 2 is 1.77 bits per heavy atom. The van der Waals surface area contributed by atoms with E-state index in [9.17, 15) is 0 Å². The number of pyridine rings is 1. The van der Waals surface area contributed by atoms with Gasteiger partial charge in [-0.1, -0.05) is 5.92 Å². The average molecular weight is 354 g/mol. The number of rotatable bonds is 1. The zero-order valence-corrected chi connectivity index (χ0v) is 14.3. The fourth-order valence-corrected chi connectivity index (χ4v) is 2.57. The first-order valence-corrected chi connectivity index (χ1v) is 7.75. The van der Waals surface area contributed by atoms with E-state index in [1.54, 1.807) is 0 Å². The minimum atomic E-state index is 0.833. The molecule has 0 bridgehead atoms. The lowest BCUT2D eigenvalue weighted by molar-refractivity contribution is 0.930. The molecule has 0 saturated carbocycles. The van der Waals surface area contributed by atoms with Gasteiger partial charge in [-0.2, -0.15) is 0 Å². The molecular formula is C18H16BrN3. The van der Waals surface area contributed by atoms with Crippen molar-refractivity contribution in [2.45, 2.75) is 0 Å². The van der Waals surface area contributed by atoms with Crippen LogP contribution in [-0.4, -0.2) is 23.6 Å². The van der Waals surface area contributed by atoms with Crippen LogP contribution >= 0.6 is 15.9 Å². The molecule has 0 aliphatic heterocycles. The molecular weight excluding hydrogens is 338 g/mol. The third-order valence-corrected chi connectivity index (χ3v) is 4.00. The molecule has 1 aromatic carbocycles. The summed E-state index contributed by atoms with van der Waals surface area (Å²) in [6.45, 7) is 0. The van der Waals surface area contributed by atoms with E-state index in [2.05, 4.69) is 55.9 Å². The topological polar surface area (TPSA) is 21.1 Å². The SMILES string of the molecule is CN(C)c1ccc(C#Cc2cc3ccc(Br)nc3n2C)cc1. The van der Waals surface area contributed by atoms with E-state index in [1.165, 1.54) is 5.69 Å². The van der Waals surface area contributed by atoms with Gasteiger partial charge in [0.1, 0.15) is 10.3 Å². The molecule has 2 heterocycles.